The minimum atomic E-state index is -3.77. The van der Waals surface area contributed by atoms with E-state index in [4.69, 9.17) is 35.9 Å². The second kappa shape index (κ2) is 13.6. The predicted molar refractivity (Wildman–Crippen MR) is 160 cm³/mol. The first-order valence-corrected chi connectivity index (χ1v) is 17.1. The number of halogens is 1. The van der Waals surface area contributed by atoms with Crippen LogP contribution >= 0.6 is 40.8 Å². The van der Waals surface area contributed by atoms with Crippen LogP contribution in [-0.4, -0.2) is 55.7 Å². The lowest BCUT2D eigenvalue weighted by atomic mass is 10.2. The Bertz CT molecular complexity index is 1470. The molecule has 212 valence electrons. The molecule has 1 unspecified atom stereocenters. The second-order valence-corrected chi connectivity index (χ2v) is 13.9. The lowest BCUT2D eigenvalue weighted by molar-refractivity contribution is -0.0192. The molecular formula is C26H29ClN5O5PS2. The summed E-state index contributed by atoms with van der Waals surface area (Å²) in [7, 11) is -0.443. The Morgan fingerprint density at radius 2 is 1.82 bits per heavy atom. The summed E-state index contributed by atoms with van der Waals surface area (Å²) >= 11 is 6.32. The molecule has 1 saturated heterocycles. The lowest BCUT2D eigenvalue weighted by Gasteiger charge is -2.33. The highest BCUT2D eigenvalue weighted by Crippen LogP contribution is 2.52. The van der Waals surface area contributed by atoms with Gasteiger partial charge in [-0.15, -0.1) is 0 Å². The van der Waals surface area contributed by atoms with Crippen molar-refractivity contribution in [1.29, 1.82) is 0 Å². The van der Waals surface area contributed by atoms with Gasteiger partial charge in [0.2, 0.25) is 0 Å². The number of anilines is 1. The van der Waals surface area contributed by atoms with Crippen molar-refractivity contribution < 1.29 is 23.1 Å². The van der Waals surface area contributed by atoms with E-state index in [-0.39, 0.29) is 18.6 Å². The Hall–Kier alpha value is -2.31. The Labute approximate surface area is 245 Å². The van der Waals surface area contributed by atoms with Crippen molar-refractivity contribution in [1.82, 2.24) is 19.5 Å². The molecule has 4 atom stereocenters. The van der Waals surface area contributed by atoms with Gasteiger partial charge in [-0.25, -0.2) is 19.5 Å². The fraction of sp³-hybridized carbons (Fsp3) is 0.346. The van der Waals surface area contributed by atoms with Gasteiger partial charge in [0, 0.05) is 16.5 Å². The van der Waals surface area contributed by atoms with Crippen LogP contribution in [0.25, 0.3) is 11.2 Å². The Morgan fingerprint density at radius 3 is 2.62 bits per heavy atom. The third-order valence-corrected chi connectivity index (χ3v) is 10.4. The van der Waals surface area contributed by atoms with Crippen LogP contribution in [0.5, 0.6) is 5.75 Å². The van der Waals surface area contributed by atoms with Crippen molar-refractivity contribution in [2.75, 3.05) is 23.6 Å². The Morgan fingerprint density at radius 1 is 1.07 bits per heavy atom. The van der Waals surface area contributed by atoms with E-state index >= 15 is 0 Å². The number of imidazole rings is 1. The minimum absolute atomic E-state index is 0.252. The first kappa shape index (κ1) is 29.2. The Balaban J connectivity index is 1.27. The topological polar surface area (TPSA) is 124 Å². The first-order valence-electron chi connectivity index (χ1n) is 12.5. The summed E-state index contributed by atoms with van der Waals surface area (Å²) in [6.45, 7) is 2.59. The normalized spacial score (nSPS) is 19.8. The van der Waals surface area contributed by atoms with E-state index in [1.807, 2.05) is 54.0 Å². The largest absolute Gasteiger partial charge is 0.423 e. The van der Waals surface area contributed by atoms with Gasteiger partial charge >= 0.3 is 7.60 Å². The maximum atomic E-state index is 14.2. The quantitative estimate of drug-likeness (QED) is 0.147. The highest BCUT2D eigenvalue weighted by Gasteiger charge is 2.38. The van der Waals surface area contributed by atoms with Crippen LogP contribution in [0.4, 0.5) is 5.82 Å². The first-order chi connectivity index (χ1) is 19.4. The van der Waals surface area contributed by atoms with Crippen LogP contribution in [0, 0.1) is 0 Å². The van der Waals surface area contributed by atoms with Crippen LogP contribution in [-0.2, 0) is 31.7 Å². The summed E-state index contributed by atoms with van der Waals surface area (Å²) in [6, 6.07) is 16.5. The van der Waals surface area contributed by atoms with Gasteiger partial charge in [0.15, 0.2) is 17.8 Å². The summed E-state index contributed by atoms with van der Waals surface area (Å²) in [4.78, 5) is 12.5. The molecule has 10 nitrogen and oxygen atoms in total. The third-order valence-electron chi connectivity index (χ3n) is 6.06. The van der Waals surface area contributed by atoms with Crippen molar-refractivity contribution in [3.8, 4) is 5.75 Å². The van der Waals surface area contributed by atoms with Crippen LogP contribution in [0.3, 0.4) is 0 Å². The van der Waals surface area contributed by atoms with Crippen LogP contribution in [0.1, 0.15) is 12.5 Å². The number of ether oxygens (including phenoxy) is 2. The maximum Gasteiger partial charge on any atom is 0.405 e. The molecule has 0 radical (unpaired) electrons. The number of nitrogen functional groups attached to an aromatic ring is 1. The molecule has 14 heteroatoms. The van der Waals surface area contributed by atoms with Crippen molar-refractivity contribution >= 4 is 57.8 Å². The molecule has 0 amide bonds. The molecule has 40 heavy (non-hydrogen) atoms. The van der Waals surface area contributed by atoms with Crippen LogP contribution in [0.2, 0.25) is 5.02 Å². The molecule has 2 aromatic heterocycles. The number of nitrogens with two attached hydrogens (primary N) is 1. The average molecular weight is 622 g/mol. The number of rotatable bonds is 12. The monoisotopic (exact) mass is 621 g/mol. The zero-order valence-corrected chi connectivity index (χ0v) is 25.0. The number of para-hydroxylation sites is 1. The maximum absolute atomic E-state index is 14.2. The van der Waals surface area contributed by atoms with Crippen LogP contribution < -0.4 is 10.3 Å². The molecule has 0 saturated carbocycles. The van der Waals surface area contributed by atoms with Crippen molar-refractivity contribution in [2.24, 2.45) is 0 Å². The van der Waals surface area contributed by atoms with Crippen molar-refractivity contribution in [3.63, 3.8) is 0 Å². The number of benzene rings is 2. The van der Waals surface area contributed by atoms with Gasteiger partial charge in [-0.1, -0.05) is 69.6 Å². The van der Waals surface area contributed by atoms with Gasteiger partial charge in [0.1, 0.15) is 23.7 Å². The number of hydrogen-bond acceptors (Lipinski definition) is 11. The zero-order chi connectivity index (χ0) is 28.0. The van der Waals surface area contributed by atoms with Gasteiger partial charge in [-0.3, -0.25) is 4.52 Å². The molecule has 1 aliphatic rings. The molecule has 4 aromatic rings. The third kappa shape index (κ3) is 7.50. The van der Waals surface area contributed by atoms with Gasteiger partial charge in [-0.2, -0.15) is 0 Å². The highest BCUT2D eigenvalue weighted by molar-refractivity contribution is 8.76. The summed E-state index contributed by atoms with van der Waals surface area (Å²) < 4.78 is 40.5. The minimum Gasteiger partial charge on any atom is -0.423 e. The molecule has 0 bridgehead atoms. The number of hydrogen-bond donors (Lipinski definition) is 1. The molecule has 2 N–H and O–H groups in total. The lowest BCUT2D eigenvalue weighted by Crippen LogP contribution is -2.38. The van der Waals surface area contributed by atoms with Crippen LogP contribution in [0.15, 0.2) is 67.3 Å². The molecule has 1 fully saturated rings. The summed E-state index contributed by atoms with van der Waals surface area (Å²) in [5.41, 5.74) is 7.90. The standard InChI is InChI=1S/C26H29ClN5O5PS2/c1-18(11-32-16-31-24-25(28)29-15-30-26(24)32)35-17-38(33,36-20-8-3-2-4-9-20)37-23-14-40-39-13-22(23)34-12-19-7-5-6-10-21(19)27/h2-10,15-16,18,22-23H,11-14,17H2,1H3,(H2,28,29,30)/t18-,22+,23+,38?/m1/s1. The molecule has 1 aliphatic heterocycles. The predicted octanol–water partition coefficient (Wildman–Crippen LogP) is 6.06. The summed E-state index contributed by atoms with van der Waals surface area (Å²) in [5, 5.41) is 0.637. The smallest absolute Gasteiger partial charge is 0.405 e. The fourth-order valence-electron chi connectivity index (χ4n) is 4.02. The van der Waals surface area contributed by atoms with Gasteiger partial charge in [-0.05, 0) is 30.7 Å². The molecule has 0 aliphatic carbocycles. The van der Waals surface area contributed by atoms with Gasteiger partial charge < -0.3 is 24.3 Å². The number of fused-ring (bicyclic) bond motifs is 1. The van der Waals surface area contributed by atoms with Gasteiger partial charge in [0.25, 0.3) is 0 Å². The molecule has 3 heterocycles. The van der Waals surface area contributed by atoms with E-state index in [0.717, 1.165) is 5.56 Å². The van der Waals surface area contributed by atoms with E-state index in [9.17, 15) is 4.57 Å². The van der Waals surface area contributed by atoms with E-state index in [1.54, 1.807) is 40.0 Å². The SMILES string of the molecule is C[C@H](Cn1cnc2c(N)ncnc21)OCP(=O)(Oc1ccccc1)O[C@H]1CSSC[C@@H]1OCc1ccccc1Cl. The molecule has 0 spiro atoms. The summed E-state index contributed by atoms with van der Waals surface area (Å²) in [5.74, 6) is 1.99. The average Bonchev–Trinajstić information content (AvgIpc) is 3.36. The number of nitrogens with zero attached hydrogens (tertiary/aromatic N) is 4. The molecule has 2 aromatic carbocycles. The fourth-order valence-corrected chi connectivity index (χ4v) is 8.41. The van der Waals surface area contributed by atoms with E-state index < -0.39 is 13.7 Å². The van der Waals surface area contributed by atoms with Crippen molar-refractivity contribution in [3.05, 3.63) is 77.8 Å². The molecular weight excluding hydrogens is 593 g/mol. The van der Waals surface area contributed by atoms with E-state index in [2.05, 4.69) is 15.0 Å². The summed E-state index contributed by atoms with van der Waals surface area (Å²) in [6.07, 6.45) is 1.62. The molecule has 5 rings (SSSR count). The van der Waals surface area contributed by atoms with Gasteiger partial charge in [0.05, 0.1) is 31.7 Å². The highest BCUT2D eigenvalue weighted by atomic mass is 35.5. The zero-order valence-electron chi connectivity index (χ0n) is 21.7. The second-order valence-electron chi connectivity index (χ2n) is 9.10. The van der Waals surface area contributed by atoms with Crippen molar-refractivity contribution in [2.45, 2.75) is 38.4 Å². The number of aromatic nitrogens is 4. The Kier molecular flexibility index (Phi) is 9.90. The van der Waals surface area contributed by atoms with E-state index in [1.165, 1.54) is 6.33 Å². The van der Waals surface area contributed by atoms with E-state index in [0.29, 0.717) is 52.4 Å².